The first-order valence-electron chi connectivity index (χ1n) is 13.1. The quantitative estimate of drug-likeness (QED) is 0.230. The lowest BCUT2D eigenvalue weighted by molar-refractivity contribution is -0.120. The van der Waals surface area contributed by atoms with Crippen LogP contribution in [0.4, 0.5) is 9.59 Å². The highest BCUT2D eigenvalue weighted by Gasteiger charge is 2.45. The van der Waals surface area contributed by atoms with Crippen molar-refractivity contribution in [1.29, 1.82) is 0 Å². The van der Waals surface area contributed by atoms with Crippen molar-refractivity contribution in [3.8, 4) is 0 Å². The number of hydrogen-bond donors (Lipinski definition) is 2. The minimum Gasteiger partial charge on any atom is -0.468 e. The molecule has 0 heterocycles. The van der Waals surface area contributed by atoms with E-state index >= 15 is 0 Å². The molecule has 0 aliphatic heterocycles. The van der Waals surface area contributed by atoms with Gasteiger partial charge in [0.05, 0.1) is 17.1 Å². The number of amides is 2. The zero-order chi connectivity index (χ0) is 29.8. The Labute approximate surface area is 249 Å². The molecule has 2 amide bonds. The summed E-state index contributed by atoms with van der Waals surface area (Å²) < 4.78 is 11.0. The average Bonchev–Trinajstić information content (AvgIpc) is 2.96. The molecule has 2 N–H and O–H groups in total. The normalized spacial score (nSPS) is 11.3. The van der Waals surface area contributed by atoms with E-state index < -0.39 is 42.8 Å². The summed E-state index contributed by atoms with van der Waals surface area (Å²) in [5.74, 6) is -3.83. The second-order valence-electron chi connectivity index (χ2n) is 9.77. The lowest BCUT2D eigenvalue weighted by atomic mass is 9.42. The van der Waals surface area contributed by atoms with Crippen LogP contribution in [0.3, 0.4) is 0 Å². The van der Waals surface area contributed by atoms with Crippen LogP contribution in [-0.2, 0) is 27.5 Å². The maximum Gasteiger partial charge on any atom is 0.432 e. The van der Waals surface area contributed by atoms with Crippen LogP contribution in [0.15, 0.2) is 78.9 Å². The molecule has 0 aliphatic rings. The summed E-state index contributed by atoms with van der Waals surface area (Å²) in [5, 5.41) is 5.70. The van der Waals surface area contributed by atoms with Gasteiger partial charge in [-0.1, -0.05) is 97.7 Å². The minimum atomic E-state index is -1.44. The smallest absolute Gasteiger partial charge is 0.432 e. The molecule has 3 aromatic carbocycles. The fourth-order valence-corrected chi connectivity index (χ4v) is 4.41. The summed E-state index contributed by atoms with van der Waals surface area (Å²) >= 11 is 12.0. The Morgan fingerprint density at radius 2 is 1.34 bits per heavy atom. The molecule has 8 nitrogen and oxygen atoms in total. The summed E-state index contributed by atoms with van der Waals surface area (Å²) in [6.07, 6.45) is 0.269. The van der Waals surface area contributed by atoms with Crippen molar-refractivity contribution >= 4 is 53.5 Å². The van der Waals surface area contributed by atoms with E-state index in [1.807, 2.05) is 26.0 Å². The molecule has 0 saturated heterocycles. The lowest BCUT2D eigenvalue weighted by Gasteiger charge is -2.25. The van der Waals surface area contributed by atoms with E-state index in [9.17, 15) is 19.2 Å². The van der Waals surface area contributed by atoms with Gasteiger partial charge in [0, 0.05) is 11.0 Å². The molecule has 0 bridgehead atoms. The summed E-state index contributed by atoms with van der Waals surface area (Å²) in [6.45, 7) is 1.81. The number of carbonyl (C=O) groups is 4. The summed E-state index contributed by atoms with van der Waals surface area (Å²) in [6, 6.07) is 22.5. The van der Waals surface area contributed by atoms with Crippen LogP contribution >= 0.6 is 23.2 Å². The molecule has 0 aliphatic carbocycles. The first-order valence-corrected chi connectivity index (χ1v) is 13.8. The van der Waals surface area contributed by atoms with Gasteiger partial charge in [0.2, 0.25) is 5.91 Å². The van der Waals surface area contributed by atoms with E-state index in [1.54, 1.807) is 48.5 Å². The Morgan fingerprint density at radius 3 is 1.85 bits per heavy atom. The highest BCUT2D eigenvalue weighted by molar-refractivity contribution is 7.10. The Balaban J connectivity index is 1.75. The van der Waals surface area contributed by atoms with Gasteiger partial charge in [0.1, 0.15) is 13.2 Å². The molecule has 0 fully saturated rings. The van der Waals surface area contributed by atoms with E-state index in [0.717, 1.165) is 11.1 Å². The molecule has 0 spiro atoms. The molecule has 0 aromatic heterocycles. The number of ether oxygens (including phenoxy) is 2. The van der Waals surface area contributed by atoms with Gasteiger partial charge in [0.25, 0.3) is 17.6 Å². The molecular weight excluding hydrogens is 566 g/mol. The number of carbonyl (C=O) groups excluding carboxylic acids is 4. The van der Waals surface area contributed by atoms with Crippen molar-refractivity contribution < 1.29 is 28.7 Å². The largest absolute Gasteiger partial charge is 0.468 e. The van der Waals surface area contributed by atoms with Gasteiger partial charge in [0.15, 0.2) is 0 Å². The zero-order valence-electron chi connectivity index (χ0n) is 22.8. The standard InChI is InChI=1S/C30H31BCl2N2O6/c1-20(2)15-26(35-27(36)17-34-28(37)24-16-23(32)13-14-25(24)33)31(29(38)40-18-21-9-5-3-6-10-21)30(39)41-19-22-11-7-4-8-12-22/h3-14,16,20,26H,15,17-19H2,1-2H3,(H,34,37)(H,35,36)/t26-/m0/s1. The van der Waals surface area contributed by atoms with E-state index in [0.29, 0.717) is 5.02 Å². The summed E-state index contributed by atoms with van der Waals surface area (Å²) in [5.41, 5.74) is 1.59. The molecule has 41 heavy (non-hydrogen) atoms. The van der Waals surface area contributed by atoms with Crippen LogP contribution in [0.2, 0.25) is 10.0 Å². The molecule has 0 radical (unpaired) electrons. The molecule has 11 heteroatoms. The van der Waals surface area contributed by atoms with Crippen molar-refractivity contribution in [1.82, 2.24) is 10.6 Å². The molecular formula is C30H31BCl2N2O6. The van der Waals surface area contributed by atoms with Crippen LogP contribution in [-0.4, -0.2) is 42.8 Å². The molecule has 3 aromatic rings. The maximum absolute atomic E-state index is 13.3. The number of halogens is 2. The SMILES string of the molecule is CC(C)C[C@H](NC(=O)CNC(=O)c1cc(Cl)ccc1Cl)B(C(=O)OCc1ccccc1)C(=O)OCc1ccccc1. The van der Waals surface area contributed by atoms with E-state index in [2.05, 4.69) is 10.6 Å². The maximum atomic E-state index is 13.3. The monoisotopic (exact) mass is 596 g/mol. The van der Waals surface area contributed by atoms with Crippen molar-refractivity contribution in [3.63, 3.8) is 0 Å². The lowest BCUT2D eigenvalue weighted by Crippen LogP contribution is -2.57. The first-order chi connectivity index (χ1) is 19.6. The van der Waals surface area contributed by atoms with Gasteiger partial charge >= 0.3 is 6.71 Å². The third-order valence-corrected chi connectivity index (χ3v) is 6.58. The van der Waals surface area contributed by atoms with Crippen molar-refractivity contribution in [3.05, 3.63) is 106 Å². The topological polar surface area (TPSA) is 111 Å². The fraction of sp³-hybridized carbons (Fsp3) is 0.267. The first kappa shape index (κ1) is 31.7. The second kappa shape index (κ2) is 15.8. The van der Waals surface area contributed by atoms with Crippen LogP contribution in [0.1, 0.15) is 41.8 Å². The predicted molar refractivity (Wildman–Crippen MR) is 159 cm³/mol. The van der Waals surface area contributed by atoms with Crippen LogP contribution < -0.4 is 10.6 Å². The second-order valence-corrected chi connectivity index (χ2v) is 10.6. The molecule has 1 atom stereocenters. The molecule has 0 unspecified atom stereocenters. The van der Waals surface area contributed by atoms with E-state index in [4.69, 9.17) is 32.7 Å². The average molecular weight is 597 g/mol. The highest BCUT2D eigenvalue weighted by Crippen LogP contribution is 2.20. The minimum absolute atomic E-state index is 0.00787. The van der Waals surface area contributed by atoms with Gasteiger partial charge in [-0.25, -0.2) is 0 Å². The summed E-state index contributed by atoms with van der Waals surface area (Å²) in [7, 11) is 0. The van der Waals surface area contributed by atoms with Gasteiger partial charge < -0.3 is 20.1 Å². The fourth-order valence-electron chi connectivity index (χ4n) is 4.03. The number of benzene rings is 3. The van der Waals surface area contributed by atoms with E-state index in [-0.39, 0.29) is 36.1 Å². The van der Waals surface area contributed by atoms with Crippen molar-refractivity contribution in [2.75, 3.05) is 6.54 Å². The van der Waals surface area contributed by atoms with Crippen LogP contribution in [0, 0.1) is 5.92 Å². The Hall–Kier alpha value is -3.82. The van der Waals surface area contributed by atoms with Gasteiger partial charge in [-0.2, -0.15) is 0 Å². The highest BCUT2D eigenvalue weighted by atomic mass is 35.5. The molecule has 0 saturated carbocycles. The molecule has 214 valence electrons. The third kappa shape index (κ3) is 10.3. The van der Waals surface area contributed by atoms with Crippen LogP contribution in [0.5, 0.6) is 0 Å². The number of nitrogens with one attached hydrogen (secondary N) is 2. The Kier molecular flexibility index (Phi) is 12.2. The van der Waals surface area contributed by atoms with Crippen LogP contribution in [0.25, 0.3) is 0 Å². The number of hydrogen-bond acceptors (Lipinski definition) is 6. The summed E-state index contributed by atoms with van der Waals surface area (Å²) in [4.78, 5) is 52.2. The third-order valence-electron chi connectivity index (χ3n) is 6.01. The van der Waals surface area contributed by atoms with Crippen molar-refractivity contribution in [2.45, 2.75) is 39.4 Å². The number of rotatable bonds is 13. The predicted octanol–water partition coefficient (Wildman–Crippen LogP) is 6.13. The van der Waals surface area contributed by atoms with E-state index in [1.165, 1.54) is 18.2 Å². The Bertz CT molecular complexity index is 1290. The molecule has 3 rings (SSSR count). The van der Waals surface area contributed by atoms with Gasteiger partial charge in [-0.3, -0.25) is 19.2 Å². The van der Waals surface area contributed by atoms with Gasteiger partial charge in [-0.05, 0) is 41.7 Å². The zero-order valence-corrected chi connectivity index (χ0v) is 24.3. The van der Waals surface area contributed by atoms with Gasteiger partial charge in [-0.15, -0.1) is 0 Å². The Morgan fingerprint density at radius 1 is 0.805 bits per heavy atom. The van der Waals surface area contributed by atoms with Crippen molar-refractivity contribution in [2.24, 2.45) is 5.92 Å².